The number of rotatable bonds is 4. The lowest BCUT2D eigenvalue weighted by Crippen LogP contribution is -2.48. The molecule has 1 aromatic rings. The van der Waals surface area contributed by atoms with Crippen LogP contribution in [-0.4, -0.2) is 67.7 Å². The van der Waals surface area contributed by atoms with Crippen LogP contribution in [0.1, 0.15) is 32.6 Å². The molecule has 2 fully saturated rings. The largest absolute Gasteiger partial charge is 0.362 e. The number of sulfonamides is 1. The molecule has 0 unspecified atom stereocenters. The highest BCUT2D eigenvalue weighted by Gasteiger charge is 2.30. The molecule has 10 heteroatoms. The Morgan fingerprint density at radius 3 is 2.14 bits per heavy atom. The van der Waals surface area contributed by atoms with Crippen molar-refractivity contribution in [3.05, 3.63) is 28.3 Å². The fraction of sp³-hybridized carbons (Fsp3) is 0.611. The average Bonchev–Trinajstić information content (AvgIpc) is 2.97. The molecule has 3 rings (SSSR count). The van der Waals surface area contributed by atoms with E-state index in [1.165, 1.54) is 29.4 Å². The standard InChI is InChI=1S/C18H26N4O5S/c1-15(23)19-10-12-20(13-11-19)17-7-6-16(14-18(17)22(24)25)28(26,27)21-8-4-2-3-5-9-21/h6-7,14H,2-5,8-13H2,1H3. The second-order valence-corrected chi connectivity index (χ2v) is 9.16. The van der Waals surface area contributed by atoms with Crippen molar-refractivity contribution in [1.29, 1.82) is 0 Å². The van der Waals surface area contributed by atoms with Crippen molar-refractivity contribution >= 4 is 27.3 Å². The molecule has 28 heavy (non-hydrogen) atoms. The van der Waals surface area contributed by atoms with Crippen LogP contribution in [0.3, 0.4) is 0 Å². The minimum Gasteiger partial charge on any atom is -0.362 e. The van der Waals surface area contributed by atoms with Gasteiger partial charge in [0.1, 0.15) is 5.69 Å². The lowest BCUT2D eigenvalue weighted by Gasteiger charge is -2.35. The van der Waals surface area contributed by atoms with E-state index >= 15 is 0 Å². The number of amides is 1. The van der Waals surface area contributed by atoms with Gasteiger partial charge in [0.15, 0.2) is 0 Å². The highest BCUT2D eigenvalue weighted by molar-refractivity contribution is 7.89. The summed E-state index contributed by atoms with van der Waals surface area (Å²) >= 11 is 0. The van der Waals surface area contributed by atoms with Crippen molar-refractivity contribution in [3.8, 4) is 0 Å². The molecule has 9 nitrogen and oxygen atoms in total. The Morgan fingerprint density at radius 2 is 1.61 bits per heavy atom. The Labute approximate surface area is 165 Å². The molecular weight excluding hydrogens is 384 g/mol. The number of carbonyl (C=O) groups excluding carboxylic acids is 1. The number of carbonyl (C=O) groups is 1. The zero-order valence-corrected chi connectivity index (χ0v) is 16.9. The SMILES string of the molecule is CC(=O)N1CCN(c2ccc(S(=O)(=O)N3CCCCCC3)cc2[N+](=O)[O-])CC1. The monoisotopic (exact) mass is 410 g/mol. The third-order valence-corrected chi connectivity index (χ3v) is 7.31. The van der Waals surface area contributed by atoms with Crippen LogP contribution >= 0.6 is 0 Å². The second-order valence-electron chi connectivity index (χ2n) is 7.22. The lowest BCUT2D eigenvalue weighted by molar-refractivity contribution is -0.384. The maximum Gasteiger partial charge on any atom is 0.293 e. The summed E-state index contributed by atoms with van der Waals surface area (Å²) in [4.78, 5) is 26.1. The van der Waals surface area contributed by atoms with Gasteiger partial charge in [-0.1, -0.05) is 12.8 Å². The van der Waals surface area contributed by atoms with Crippen molar-refractivity contribution in [2.24, 2.45) is 0 Å². The predicted molar refractivity (Wildman–Crippen MR) is 105 cm³/mol. The van der Waals surface area contributed by atoms with Crippen LogP contribution in [0.5, 0.6) is 0 Å². The number of hydrogen-bond donors (Lipinski definition) is 0. The van der Waals surface area contributed by atoms with Gasteiger partial charge in [0.2, 0.25) is 15.9 Å². The molecule has 0 aromatic heterocycles. The van der Waals surface area contributed by atoms with Gasteiger partial charge >= 0.3 is 0 Å². The van der Waals surface area contributed by atoms with E-state index in [1.54, 1.807) is 4.90 Å². The predicted octanol–water partition coefficient (Wildman–Crippen LogP) is 1.83. The molecule has 2 aliphatic rings. The van der Waals surface area contributed by atoms with E-state index in [-0.39, 0.29) is 16.5 Å². The Hall–Kier alpha value is -2.20. The Bertz CT molecular complexity index is 842. The molecule has 2 aliphatic heterocycles. The molecule has 0 radical (unpaired) electrons. The second kappa shape index (κ2) is 8.44. The van der Waals surface area contributed by atoms with Crippen molar-refractivity contribution in [3.63, 3.8) is 0 Å². The molecule has 1 amide bonds. The summed E-state index contributed by atoms with van der Waals surface area (Å²) in [5.74, 6) is -0.0203. The highest BCUT2D eigenvalue weighted by atomic mass is 32.2. The van der Waals surface area contributed by atoms with Gasteiger partial charge in [0.25, 0.3) is 5.69 Å². The van der Waals surface area contributed by atoms with Gasteiger partial charge in [-0.3, -0.25) is 14.9 Å². The zero-order valence-electron chi connectivity index (χ0n) is 16.0. The molecule has 0 aliphatic carbocycles. The average molecular weight is 410 g/mol. The number of nitro groups is 1. The van der Waals surface area contributed by atoms with Crippen molar-refractivity contribution < 1.29 is 18.1 Å². The van der Waals surface area contributed by atoms with Crippen LogP contribution in [-0.2, 0) is 14.8 Å². The van der Waals surface area contributed by atoms with Crippen molar-refractivity contribution in [2.75, 3.05) is 44.2 Å². The third-order valence-electron chi connectivity index (χ3n) is 5.41. The number of nitrogens with zero attached hydrogens (tertiary/aromatic N) is 4. The third kappa shape index (κ3) is 4.27. The minimum absolute atomic E-state index is 0.0203. The molecule has 0 N–H and O–H groups in total. The summed E-state index contributed by atoms with van der Waals surface area (Å²) in [6.45, 7) is 4.31. The highest BCUT2D eigenvalue weighted by Crippen LogP contribution is 2.33. The summed E-state index contributed by atoms with van der Waals surface area (Å²) in [7, 11) is -3.75. The van der Waals surface area contributed by atoms with E-state index < -0.39 is 14.9 Å². The fourth-order valence-electron chi connectivity index (χ4n) is 3.77. The van der Waals surface area contributed by atoms with E-state index in [9.17, 15) is 23.3 Å². The van der Waals surface area contributed by atoms with Gasteiger partial charge in [0, 0.05) is 52.3 Å². The summed E-state index contributed by atoms with van der Waals surface area (Å²) in [6, 6.07) is 4.15. The van der Waals surface area contributed by atoms with E-state index in [0.717, 1.165) is 25.7 Å². The molecule has 0 bridgehead atoms. The van der Waals surface area contributed by atoms with E-state index in [2.05, 4.69) is 0 Å². The zero-order chi connectivity index (χ0) is 20.3. The van der Waals surface area contributed by atoms with Gasteiger partial charge in [-0.15, -0.1) is 0 Å². The van der Waals surface area contributed by atoms with E-state index in [1.807, 2.05) is 4.90 Å². The summed E-state index contributed by atoms with van der Waals surface area (Å²) < 4.78 is 27.4. The maximum absolute atomic E-state index is 13.0. The van der Waals surface area contributed by atoms with Gasteiger partial charge in [-0.2, -0.15) is 4.31 Å². The molecule has 0 saturated carbocycles. The van der Waals surface area contributed by atoms with Crippen LogP contribution in [0.15, 0.2) is 23.1 Å². The molecule has 154 valence electrons. The number of hydrogen-bond acceptors (Lipinski definition) is 6. The number of anilines is 1. The van der Waals surface area contributed by atoms with Gasteiger partial charge < -0.3 is 9.80 Å². The van der Waals surface area contributed by atoms with Crippen LogP contribution in [0.25, 0.3) is 0 Å². The molecule has 0 atom stereocenters. The van der Waals surface area contributed by atoms with Crippen LogP contribution in [0.4, 0.5) is 11.4 Å². The maximum atomic E-state index is 13.0. The molecule has 0 spiro atoms. The van der Waals surface area contributed by atoms with Gasteiger partial charge in [-0.25, -0.2) is 8.42 Å². The number of benzene rings is 1. The first-order chi connectivity index (χ1) is 13.3. The van der Waals surface area contributed by atoms with E-state index in [0.29, 0.717) is 45.0 Å². The Balaban J connectivity index is 1.87. The normalized spacial score (nSPS) is 19.3. The minimum atomic E-state index is -3.75. The number of piperazine rings is 1. The van der Waals surface area contributed by atoms with E-state index in [4.69, 9.17) is 0 Å². The molecule has 2 heterocycles. The van der Waals surface area contributed by atoms with Crippen LogP contribution in [0.2, 0.25) is 0 Å². The molecular formula is C18H26N4O5S. The van der Waals surface area contributed by atoms with Gasteiger partial charge in [-0.05, 0) is 25.0 Å². The summed E-state index contributed by atoms with van der Waals surface area (Å²) in [5, 5.41) is 11.7. The first-order valence-electron chi connectivity index (χ1n) is 9.60. The lowest BCUT2D eigenvalue weighted by atomic mass is 10.2. The van der Waals surface area contributed by atoms with Crippen molar-refractivity contribution in [2.45, 2.75) is 37.5 Å². The van der Waals surface area contributed by atoms with Gasteiger partial charge in [0.05, 0.1) is 9.82 Å². The molecule has 2 saturated heterocycles. The number of nitro benzene ring substituents is 1. The topological polar surface area (TPSA) is 104 Å². The first-order valence-corrected chi connectivity index (χ1v) is 11.0. The summed E-state index contributed by atoms with van der Waals surface area (Å²) in [5.41, 5.74) is 0.176. The Morgan fingerprint density at radius 1 is 1.00 bits per heavy atom. The quantitative estimate of drug-likeness (QED) is 0.554. The molecule has 1 aromatic carbocycles. The van der Waals surface area contributed by atoms with Crippen LogP contribution < -0.4 is 4.90 Å². The fourth-order valence-corrected chi connectivity index (χ4v) is 5.31. The van der Waals surface area contributed by atoms with Crippen molar-refractivity contribution in [1.82, 2.24) is 9.21 Å². The van der Waals surface area contributed by atoms with Crippen LogP contribution in [0, 0.1) is 10.1 Å². The first kappa shape index (κ1) is 20.5. The summed E-state index contributed by atoms with van der Waals surface area (Å²) in [6.07, 6.45) is 3.61. The smallest absolute Gasteiger partial charge is 0.293 e. The Kier molecular flexibility index (Phi) is 6.19.